The lowest BCUT2D eigenvalue weighted by Gasteiger charge is -2.09. The van der Waals surface area contributed by atoms with Gasteiger partial charge in [0, 0.05) is 23.7 Å². The number of nitriles is 1. The van der Waals surface area contributed by atoms with E-state index in [2.05, 4.69) is 45.7 Å². The molecule has 0 atom stereocenters. The van der Waals surface area contributed by atoms with Gasteiger partial charge in [0.1, 0.15) is 6.07 Å². The molecule has 0 aliphatic heterocycles. The van der Waals surface area contributed by atoms with Crippen LogP contribution in [0.4, 0.5) is 5.95 Å². The highest BCUT2D eigenvalue weighted by Crippen LogP contribution is 2.33. The average molecular weight is 339 g/mol. The molecule has 122 valence electrons. The summed E-state index contributed by atoms with van der Waals surface area (Å²) in [5.74, 6) is 0.400. The molecule has 3 aromatic rings. The summed E-state index contributed by atoms with van der Waals surface area (Å²) in [5, 5.41) is 23.6. The quantitative estimate of drug-likeness (QED) is 0.620. The zero-order valence-corrected chi connectivity index (χ0v) is 14.4. The van der Waals surface area contributed by atoms with Crippen molar-refractivity contribution >= 4 is 30.1 Å². The zero-order valence-electron chi connectivity index (χ0n) is 13.5. The van der Waals surface area contributed by atoms with Crippen LogP contribution in [0.3, 0.4) is 0 Å². The van der Waals surface area contributed by atoms with E-state index in [4.69, 9.17) is 5.11 Å². The Labute approximate surface area is 141 Å². The van der Waals surface area contributed by atoms with E-state index < -0.39 is 0 Å². The molecule has 0 saturated carbocycles. The number of aromatic amines is 1. The molecule has 2 heterocycles. The number of nitrogens with zero attached hydrogens (tertiary/aromatic N) is 3. The summed E-state index contributed by atoms with van der Waals surface area (Å²) in [6, 6.07) is 8.36. The van der Waals surface area contributed by atoms with Crippen molar-refractivity contribution in [2.24, 2.45) is 0 Å². The number of H-pyrrole nitrogens is 1. The largest absolute Gasteiger partial charge is 0.395 e. The number of hydrogen-bond donors (Lipinski definition) is 3. The maximum Gasteiger partial charge on any atom is 0.223 e. The molecule has 3 N–H and O–H groups in total. The van der Waals surface area contributed by atoms with E-state index in [1.165, 1.54) is 11.5 Å². The molecular weight excluding hydrogens is 321 g/mol. The van der Waals surface area contributed by atoms with Crippen LogP contribution in [0.25, 0.3) is 22.2 Å². The minimum atomic E-state index is -0.246. The molecule has 7 heteroatoms. The van der Waals surface area contributed by atoms with E-state index in [9.17, 15) is 5.26 Å². The van der Waals surface area contributed by atoms with E-state index in [1.54, 1.807) is 0 Å². The van der Waals surface area contributed by atoms with Crippen molar-refractivity contribution < 1.29 is 5.11 Å². The molecule has 0 bridgehead atoms. The summed E-state index contributed by atoms with van der Waals surface area (Å²) in [4.78, 5) is 11.9. The molecule has 0 saturated heterocycles. The van der Waals surface area contributed by atoms with Crippen LogP contribution in [0.2, 0.25) is 0 Å². The third kappa shape index (κ3) is 2.96. The van der Waals surface area contributed by atoms with Gasteiger partial charge in [0.25, 0.3) is 0 Å². The second-order valence-corrected chi connectivity index (χ2v) is 7.79. The molecule has 0 aliphatic carbocycles. The van der Waals surface area contributed by atoms with Crippen LogP contribution >= 0.6 is 7.92 Å². The van der Waals surface area contributed by atoms with Gasteiger partial charge >= 0.3 is 0 Å². The summed E-state index contributed by atoms with van der Waals surface area (Å²) in [5.41, 5.74) is 2.99. The number of para-hydroxylation sites is 1. The Bertz CT molecular complexity index is 913. The summed E-state index contributed by atoms with van der Waals surface area (Å²) in [7, 11) is -0.246. The molecule has 0 radical (unpaired) electrons. The Morgan fingerprint density at radius 2 is 2.21 bits per heavy atom. The smallest absolute Gasteiger partial charge is 0.223 e. The summed E-state index contributed by atoms with van der Waals surface area (Å²) in [6.07, 6.45) is 3.41. The summed E-state index contributed by atoms with van der Waals surface area (Å²) in [6.45, 7) is 4.78. The molecule has 3 rings (SSSR count). The van der Waals surface area contributed by atoms with Gasteiger partial charge < -0.3 is 15.4 Å². The van der Waals surface area contributed by atoms with Gasteiger partial charge in [-0.2, -0.15) is 5.26 Å². The van der Waals surface area contributed by atoms with Gasteiger partial charge in [-0.1, -0.05) is 26.1 Å². The van der Waals surface area contributed by atoms with Gasteiger partial charge in [-0.05, 0) is 18.6 Å². The number of nitrogens with one attached hydrogen (secondary N) is 2. The zero-order chi connectivity index (χ0) is 17.1. The van der Waals surface area contributed by atoms with Crippen LogP contribution in [0, 0.1) is 11.3 Å². The molecule has 24 heavy (non-hydrogen) atoms. The third-order valence-corrected chi connectivity index (χ3v) is 5.07. The van der Waals surface area contributed by atoms with Gasteiger partial charge in [0.2, 0.25) is 5.95 Å². The van der Waals surface area contributed by atoms with Gasteiger partial charge in [0.15, 0.2) is 0 Å². The van der Waals surface area contributed by atoms with Crippen molar-refractivity contribution in [3.05, 3.63) is 36.2 Å². The van der Waals surface area contributed by atoms with Crippen LogP contribution in [-0.2, 0) is 0 Å². The second-order valence-electron chi connectivity index (χ2n) is 5.51. The van der Waals surface area contributed by atoms with Crippen LogP contribution < -0.4 is 10.6 Å². The fraction of sp³-hybridized carbons (Fsp3) is 0.235. The Balaban J connectivity index is 2.16. The van der Waals surface area contributed by atoms with Crippen molar-refractivity contribution in [1.82, 2.24) is 15.0 Å². The van der Waals surface area contributed by atoms with Gasteiger partial charge in [0.05, 0.1) is 29.6 Å². The number of benzene rings is 1. The number of aliphatic hydroxyl groups is 1. The number of aromatic nitrogens is 3. The lowest BCUT2D eigenvalue weighted by Crippen LogP contribution is -2.09. The lowest BCUT2D eigenvalue weighted by molar-refractivity contribution is 0.311. The first kappa shape index (κ1) is 16.4. The van der Waals surface area contributed by atoms with Crippen molar-refractivity contribution in [3.8, 4) is 17.3 Å². The second kappa shape index (κ2) is 6.96. The molecule has 2 aromatic heterocycles. The minimum absolute atomic E-state index is 0.00825. The first-order valence-electron chi connectivity index (χ1n) is 7.55. The predicted molar refractivity (Wildman–Crippen MR) is 98.0 cm³/mol. The average Bonchev–Trinajstić information content (AvgIpc) is 3.03. The van der Waals surface area contributed by atoms with Gasteiger partial charge in [-0.25, -0.2) is 9.97 Å². The Morgan fingerprint density at radius 3 is 2.92 bits per heavy atom. The normalized spacial score (nSPS) is 11.0. The SMILES string of the molecule is CP(C)c1cccc2c(-c3nc(NCCO)ncc3C#N)c[nH]c12. The Kier molecular flexibility index (Phi) is 4.75. The minimum Gasteiger partial charge on any atom is -0.395 e. The predicted octanol–water partition coefficient (Wildman–Crippen LogP) is 2.27. The van der Waals surface area contributed by atoms with Crippen molar-refractivity contribution in [1.29, 1.82) is 5.26 Å². The van der Waals surface area contributed by atoms with E-state index in [-0.39, 0.29) is 14.5 Å². The fourth-order valence-electron chi connectivity index (χ4n) is 2.63. The van der Waals surface area contributed by atoms with Crippen LogP contribution in [-0.4, -0.2) is 46.5 Å². The maximum absolute atomic E-state index is 9.40. The lowest BCUT2D eigenvalue weighted by atomic mass is 10.1. The summed E-state index contributed by atoms with van der Waals surface area (Å²) < 4.78 is 0. The van der Waals surface area contributed by atoms with Crippen LogP contribution in [0.15, 0.2) is 30.6 Å². The number of hydrogen-bond acceptors (Lipinski definition) is 5. The fourth-order valence-corrected chi connectivity index (χ4v) is 3.65. The van der Waals surface area contributed by atoms with E-state index in [0.717, 1.165) is 16.5 Å². The van der Waals surface area contributed by atoms with Crippen molar-refractivity contribution in [3.63, 3.8) is 0 Å². The molecule has 6 nitrogen and oxygen atoms in total. The van der Waals surface area contributed by atoms with Crippen molar-refractivity contribution in [2.75, 3.05) is 31.8 Å². The highest BCUT2D eigenvalue weighted by Gasteiger charge is 2.16. The monoisotopic (exact) mass is 339 g/mol. The first-order valence-corrected chi connectivity index (χ1v) is 9.79. The molecular formula is C17H18N5OP. The number of aliphatic hydroxyl groups excluding tert-OH is 1. The number of anilines is 1. The topological polar surface area (TPSA) is 97.6 Å². The first-order chi connectivity index (χ1) is 11.7. The third-order valence-electron chi connectivity index (χ3n) is 3.73. The van der Waals surface area contributed by atoms with Gasteiger partial charge in [-0.3, -0.25) is 0 Å². The highest BCUT2D eigenvalue weighted by atomic mass is 31.1. The van der Waals surface area contributed by atoms with E-state index >= 15 is 0 Å². The van der Waals surface area contributed by atoms with E-state index in [1.807, 2.05) is 18.3 Å². The van der Waals surface area contributed by atoms with Crippen LogP contribution in [0.1, 0.15) is 5.56 Å². The highest BCUT2D eigenvalue weighted by molar-refractivity contribution is 7.64. The molecule has 0 amide bonds. The maximum atomic E-state index is 9.40. The van der Waals surface area contributed by atoms with Gasteiger partial charge in [-0.15, -0.1) is 0 Å². The number of fused-ring (bicyclic) bond motifs is 1. The Morgan fingerprint density at radius 1 is 1.38 bits per heavy atom. The number of rotatable bonds is 5. The Hall–Kier alpha value is -2.48. The standard InChI is InChI=1S/C17H18N5OP/c1-24(2)14-5-3-4-12-13(10-20-16(12)14)15-11(8-18)9-21-17(22-15)19-6-7-23/h3-5,9-10,20,23H,6-7H2,1-2H3,(H,19,21,22). The molecule has 1 aromatic carbocycles. The van der Waals surface area contributed by atoms with Crippen molar-refractivity contribution in [2.45, 2.75) is 0 Å². The van der Waals surface area contributed by atoms with E-state index in [0.29, 0.717) is 23.8 Å². The summed E-state index contributed by atoms with van der Waals surface area (Å²) >= 11 is 0. The molecule has 0 spiro atoms. The molecule has 0 unspecified atom stereocenters. The van der Waals surface area contributed by atoms with Crippen LogP contribution in [0.5, 0.6) is 0 Å². The molecule has 0 aliphatic rings. The molecule has 0 fully saturated rings.